The second kappa shape index (κ2) is 5.51. The van der Waals surface area contributed by atoms with E-state index in [1.165, 1.54) is 5.56 Å². The van der Waals surface area contributed by atoms with Crippen molar-refractivity contribution >= 4 is 11.6 Å². The van der Waals surface area contributed by atoms with E-state index in [-0.39, 0.29) is 5.91 Å². The molecular formula is C12H18N2O. The van der Waals surface area contributed by atoms with Crippen LogP contribution in [-0.2, 0) is 11.3 Å². The first kappa shape index (κ1) is 11.7. The lowest BCUT2D eigenvalue weighted by Gasteiger charge is -2.10. The molecule has 3 heteroatoms. The Bertz CT molecular complexity index is 317. The maximum absolute atomic E-state index is 11.1. The molecule has 0 spiro atoms. The van der Waals surface area contributed by atoms with E-state index >= 15 is 0 Å². The number of nitrogens with one attached hydrogen (secondary N) is 1. The molecule has 1 rings (SSSR count). The molecule has 0 heterocycles. The van der Waals surface area contributed by atoms with E-state index in [0.29, 0.717) is 6.42 Å². The molecular weight excluding hydrogens is 188 g/mol. The van der Waals surface area contributed by atoms with Crippen molar-refractivity contribution < 1.29 is 4.79 Å². The molecule has 1 aromatic rings. The normalized spacial score (nSPS) is 10.4. The number of anilines is 1. The standard InChI is InChI=1S/C12H18N2O/c1-4-12(15)13-11-7-5-10(6-8-11)9-14(2)3/h5-8H,4,9H2,1-3H3,(H,13,15). The number of amides is 1. The summed E-state index contributed by atoms with van der Waals surface area (Å²) in [5.41, 5.74) is 2.11. The Morgan fingerprint density at radius 1 is 1.27 bits per heavy atom. The highest BCUT2D eigenvalue weighted by atomic mass is 16.1. The zero-order chi connectivity index (χ0) is 11.3. The maximum atomic E-state index is 11.1. The van der Waals surface area contributed by atoms with Crippen molar-refractivity contribution in [2.24, 2.45) is 0 Å². The molecule has 0 aliphatic rings. The summed E-state index contributed by atoms with van der Waals surface area (Å²) in [5.74, 6) is 0.0513. The smallest absolute Gasteiger partial charge is 0.224 e. The first-order valence-corrected chi connectivity index (χ1v) is 5.15. The summed E-state index contributed by atoms with van der Waals surface area (Å²) >= 11 is 0. The molecule has 0 unspecified atom stereocenters. The van der Waals surface area contributed by atoms with E-state index in [1.54, 1.807) is 0 Å². The van der Waals surface area contributed by atoms with E-state index in [9.17, 15) is 4.79 Å². The van der Waals surface area contributed by atoms with Crippen molar-refractivity contribution in [3.05, 3.63) is 29.8 Å². The third kappa shape index (κ3) is 4.13. The predicted molar refractivity (Wildman–Crippen MR) is 62.8 cm³/mol. The Labute approximate surface area is 91.1 Å². The second-order valence-electron chi connectivity index (χ2n) is 3.84. The largest absolute Gasteiger partial charge is 0.326 e. The number of nitrogens with zero attached hydrogens (tertiary/aromatic N) is 1. The minimum atomic E-state index is 0.0513. The Kier molecular flexibility index (Phi) is 4.31. The highest BCUT2D eigenvalue weighted by Gasteiger charge is 1.99. The molecule has 0 fully saturated rings. The van der Waals surface area contributed by atoms with Crippen LogP contribution in [0.25, 0.3) is 0 Å². The fourth-order valence-electron chi connectivity index (χ4n) is 1.31. The average molecular weight is 206 g/mol. The van der Waals surface area contributed by atoms with Gasteiger partial charge in [-0.3, -0.25) is 4.79 Å². The molecule has 1 N–H and O–H groups in total. The molecule has 0 radical (unpaired) electrons. The minimum Gasteiger partial charge on any atom is -0.326 e. The quantitative estimate of drug-likeness (QED) is 0.818. The highest BCUT2D eigenvalue weighted by Crippen LogP contribution is 2.10. The van der Waals surface area contributed by atoms with Gasteiger partial charge < -0.3 is 10.2 Å². The molecule has 0 aliphatic carbocycles. The molecule has 0 saturated heterocycles. The third-order valence-corrected chi connectivity index (χ3v) is 2.06. The Balaban J connectivity index is 2.60. The molecule has 3 nitrogen and oxygen atoms in total. The van der Waals surface area contributed by atoms with E-state index in [0.717, 1.165) is 12.2 Å². The summed E-state index contributed by atoms with van der Waals surface area (Å²) in [6, 6.07) is 7.94. The van der Waals surface area contributed by atoms with Crippen LogP contribution in [0.3, 0.4) is 0 Å². The molecule has 15 heavy (non-hydrogen) atoms. The Morgan fingerprint density at radius 3 is 2.33 bits per heavy atom. The summed E-state index contributed by atoms with van der Waals surface area (Å²) in [6.45, 7) is 2.76. The van der Waals surface area contributed by atoms with Crippen LogP contribution in [0.2, 0.25) is 0 Å². The van der Waals surface area contributed by atoms with E-state index in [4.69, 9.17) is 0 Å². The monoisotopic (exact) mass is 206 g/mol. The minimum absolute atomic E-state index is 0.0513. The number of rotatable bonds is 4. The van der Waals surface area contributed by atoms with Crippen LogP contribution in [0.5, 0.6) is 0 Å². The summed E-state index contributed by atoms with van der Waals surface area (Å²) < 4.78 is 0. The van der Waals surface area contributed by atoms with Crippen molar-refractivity contribution in [2.45, 2.75) is 19.9 Å². The number of benzene rings is 1. The number of hydrogen-bond acceptors (Lipinski definition) is 2. The van der Waals surface area contributed by atoms with E-state index in [1.807, 2.05) is 45.3 Å². The molecule has 0 aromatic heterocycles. The fraction of sp³-hybridized carbons (Fsp3) is 0.417. The number of carbonyl (C=O) groups excluding carboxylic acids is 1. The van der Waals surface area contributed by atoms with Gasteiger partial charge in [0.15, 0.2) is 0 Å². The van der Waals surface area contributed by atoms with Gasteiger partial charge in [0.2, 0.25) is 5.91 Å². The van der Waals surface area contributed by atoms with Gasteiger partial charge in [-0.25, -0.2) is 0 Å². The van der Waals surface area contributed by atoms with Gasteiger partial charge in [0, 0.05) is 18.7 Å². The van der Waals surface area contributed by atoms with Gasteiger partial charge in [0.25, 0.3) is 0 Å². The van der Waals surface area contributed by atoms with E-state index < -0.39 is 0 Å². The van der Waals surface area contributed by atoms with Gasteiger partial charge in [0.1, 0.15) is 0 Å². The first-order chi connectivity index (χ1) is 7.11. The molecule has 0 bridgehead atoms. The molecule has 0 aliphatic heterocycles. The third-order valence-electron chi connectivity index (χ3n) is 2.06. The predicted octanol–water partition coefficient (Wildman–Crippen LogP) is 2.10. The van der Waals surface area contributed by atoms with Gasteiger partial charge in [0.05, 0.1) is 0 Å². The highest BCUT2D eigenvalue weighted by molar-refractivity contribution is 5.90. The molecule has 82 valence electrons. The molecule has 1 aromatic carbocycles. The van der Waals surface area contributed by atoms with E-state index in [2.05, 4.69) is 10.2 Å². The van der Waals surface area contributed by atoms with Gasteiger partial charge >= 0.3 is 0 Å². The second-order valence-corrected chi connectivity index (χ2v) is 3.84. The fourth-order valence-corrected chi connectivity index (χ4v) is 1.31. The zero-order valence-electron chi connectivity index (χ0n) is 9.58. The summed E-state index contributed by atoms with van der Waals surface area (Å²) in [6.07, 6.45) is 0.513. The van der Waals surface area contributed by atoms with Crippen molar-refractivity contribution in [3.63, 3.8) is 0 Å². The molecule has 1 amide bonds. The molecule has 0 saturated carbocycles. The topological polar surface area (TPSA) is 32.3 Å². The zero-order valence-corrected chi connectivity index (χ0v) is 9.58. The van der Waals surface area contributed by atoms with Crippen molar-refractivity contribution in [1.82, 2.24) is 4.90 Å². The van der Waals surface area contributed by atoms with Crippen LogP contribution in [0.1, 0.15) is 18.9 Å². The van der Waals surface area contributed by atoms with Crippen LogP contribution in [-0.4, -0.2) is 24.9 Å². The first-order valence-electron chi connectivity index (χ1n) is 5.15. The Hall–Kier alpha value is -1.35. The lowest BCUT2D eigenvalue weighted by atomic mass is 10.2. The van der Waals surface area contributed by atoms with Crippen LogP contribution in [0.15, 0.2) is 24.3 Å². The Morgan fingerprint density at radius 2 is 1.87 bits per heavy atom. The summed E-state index contributed by atoms with van der Waals surface area (Å²) in [4.78, 5) is 13.2. The SMILES string of the molecule is CCC(=O)Nc1ccc(CN(C)C)cc1. The summed E-state index contributed by atoms with van der Waals surface area (Å²) in [5, 5.41) is 2.82. The van der Waals surface area contributed by atoms with Crippen molar-refractivity contribution in [1.29, 1.82) is 0 Å². The van der Waals surface area contributed by atoms with Crippen LogP contribution in [0, 0.1) is 0 Å². The van der Waals surface area contributed by atoms with Crippen molar-refractivity contribution in [3.8, 4) is 0 Å². The average Bonchev–Trinajstić information content (AvgIpc) is 2.20. The van der Waals surface area contributed by atoms with Crippen LogP contribution in [0.4, 0.5) is 5.69 Å². The lowest BCUT2D eigenvalue weighted by molar-refractivity contribution is -0.115. The van der Waals surface area contributed by atoms with Gasteiger partial charge in [-0.2, -0.15) is 0 Å². The van der Waals surface area contributed by atoms with Gasteiger partial charge in [-0.15, -0.1) is 0 Å². The van der Waals surface area contributed by atoms with Gasteiger partial charge in [-0.05, 0) is 31.8 Å². The summed E-state index contributed by atoms with van der Waals surface area (Å²) in [7, 11) is 4.07. The lowest BCUT2D eigenvalue weighted by Crippen LogP contribution is -2.11. The molecule has 0 atom stereocenters. The van der Waals surface area contributed by atoms with Crippen LogP contribution < -0.4 is 5.32 Å². The number of carbonyl (C=O) groups is 1. The van der Waals surface area contributed by atoms with Crippen molar-refractivity contribution in [2.75, 3.05) is 19.4 Å². The van der Waals surface area contributed by atoms with Gasteiger partial charge in [-0.1, -0.05) is 19.1 Å². The maximum Gasteiger partial charge on any atom is 0.224 e. The number of hydrogen-bond donors (Lipinski definition) is 1. The van der Waals surface area contributed by atoms with Crippen LogP contribution >= 0.6 is 0 Å².